The fraction of sp³-hybridized carbons (Fsp3) is 0.610. The van der Waals surface area contributed by atoms with Crippen molar-refractivity contribution in [1.29, 1.82) is 0 Å². The Kier molecular flexibility index (Phi) is 17.3. The van der Waals surface area contributed by atoms with Gasteiger partial charge < -0.3 is 46.7 Å². The number of fused-ring (bicyclic) bond motifs is 1. The van der Waals surface area contributed by atoms with E-state index in [-0.39, 0.29) is 42.6 Å². The maximum atomic E-state index is 14.3. The van der Waals surface area contributed by atoms with Gasteiger partial charge in [0.1, 0.15) is 18.1 Å². The standard InChI is InChI=1S/C41H65N7O8/c1-24(2)31(22-25(3)35(50)45-29(39(55)56)19-20-32(49)44-28(38(53)54)17-14-15-21-42)48(11)37(52)34(40(4,5)6)46-36(51)33(43-9)41(7,8)27-23-47(10)30-18-13-12-16-26(27)30/h12-13,16,18,22-24,28-29,31,33-34,43H,14-15,17,19-21,42H2,1-11H3,(H,44,49)(H,45,50)(H,46,51)(H,53,54)(H,55,56)/b25-22+. The summed E-state index contributed by atoms with van der Waals surface area (Å²) in [5.74, 6) is -4.84. The minimum absolute atomic E-state index is 0.147. The largest absolute Gasteiger partial charge is 0.480 e. The van der Waals surface area contributed by atoms with Gasteiger partial charge in [-0.3, -0.25) is 19.2 Å². The van der Waals surface area contributed by atoms with Crippen LogP contribution in [0, 0.1) is 11.3 Å². The molecule has 5 atom stereocenters. The number of nitrogens with one attached hydrogen (secondary N) is 4. The first-order valence-corrected chi connectivity index (χ1v) is 19.2. The van der Waals surface area contributed by atoms with E-state index in [0.717, 1.165) is 16.5 Å². The number of para-hydroxylation sites is 1. The fourth-order valence-corrected chi connectivity index (χ4v) is 6.96. The molecule has 1 aromatic heterocycles. The first-order valence-electron chi connectivity index (χ1n) is 19.2. The lowest BCUT2D eigenvalue weighted by atomic mass is 9.76. The number of aryl methyl sites for hydroxylation is 1. The molecule has 1 aromatic carbocycles. The zero-order chi connectivity index (χ0) is 42.7. The predicted octanol–water partition coefficient (Wildman–Crippen LogP) is 3.05. The van der Waals surface area contributed by atoms with Crippen LogP contribution in [0.5, 0.6) is 0 Å². The van der Waals surface area contributed by atoms with E-state index in [2.05, 4.69) is 21.3 Å². The van der Waals surface area contributed by atoms with E-state index in [4.69, 9.17) is 5.73 Å². The average molecular weight is 784 g/mol. The number of carboxylic acids is 2. The van der Waals surface area contributed by atoms with Gasteiger partial charge in [0, 0.05) is 48.6 Å². The zero-order valence-electron chi connectivity index (χ0n) is 35.0. The lowest BCUT2D eigenvalue weighted by molar-refractivity contribution is -0.143. The van der Waals surface area contributed by atoms with Gasteiger partial charge in [0.25, 0.3) is 0 Å². The maximum Gasteiger partial charge on any atom is 0.326 e. The van der Waals surface area contributed by atoms with Crippen LogP contribution in [-0.2, 0) is 41.2 Å². The summed E-state index contributed by atoms with van der Waals surface area (Å²) >= 11 is 0. The van der Waals surface area contributed by atoms with Gasteiger partial charge in [-0.2, -0.15) is 0 Å². The van der Waals surface area contributed by atoms with Crippen molar-refractivity contribution in [3.05, 3.63) is 47.7 Å². The highest BCUT2D eigenvalue weighted by Crippen LogP contribution is 2.35. The van der Waals surface area contributed by atoms with Crippen LogP contribution in [0.15, 0.2) is 42.1 Å². The molecule has 0 saturated carbocycles. The van der Waals surface area contributed by atoms with Crippen LogP contribution >= 0.6 is 0 Å². The van der Waals surface area contributed by atoms with Gasteiger partial charge in [-0.15, -0.1) is 0 Å². The Morgan fingerprint density at radius 3 is 2.02 bits per heavy atom. The van der Waals surface area contributed by atoms with E-state index < -0.39 is 64.8 Å². The molecule has 8 N–H and O–H groups in total. The third-order valence-electron chi connectivity index (χ3n) is 10.4. The molecule has 0 aliphatic carbocycles. The van der Waals surface area contributed by atoms with Crippen molar-refractivity contribution < 1.29 is 39.0 Å². The Labute approximate surface area is 331 Å². The number of hydrogen-bond acceptors (Lipinski definition) is 8. The summed E-state index contributed by atoms with van der Waals surface area (Å²) in [4.78, 5) is 79.5. The molecule has 0 spiro atoms. The van der Waals surface area contributed by atoms with Gasteiger partial charge in [0.05, 0.1) is 12.1 Å². The van der Waals surface area contributed by atoms with E-state index in [0.29, 0.717) is 19.4 Å². The van der Waals surface area contributed by atoms with Crippen molar-refractivity contribution in [2.75, 3.05) is 20.6 Å². The molecular weight excluding hydrogens is 718 g/mol. The smallest absolute Gasteiger partial charge is 0.326 e. The van der Waals surface area contributed by atoms with Crippen LogP contribution < -0.4 is 27.0 Å². The summed E-state index contributed by atoms with van der Waals surface area (Å²) in [5, 5.41) is 31.4. The third-order valence-corrected chi connectivity index (χ3v) is 10.4. The van der Waals surface area contributed by atoms with Crippen LogP contribution in [0.1, 0.15) is 93.1 Å². The molecule has 312 valence electrons. The number of carboxylic acid groups (broad SMARTS) is 2. The van der Waals surface area contributed by atoms with Crippen LogP contribution in [0.2, 0.25) is 0 Å². The highest BCUT2D eigenvalue weighted by molar-refractivity contribution is 5.96. The Hall–Kier alpha value is -4.76. The summed E-state index contributed by atoms with van der Waals surface area (Å²) in [6, 6.07) is 3.13. The zero-order valence-corrected chi connectivity index (χ0v) is 35.0. The molecule has 1 heterocycles. The number of benzene rings is 1. The number of carbonyl (C=O) groups excluding carboxylic acids is 4. The lowest BCUT2D eigenvalue weighted by Crippen LogP contribution is -2.61. The number of aromatic nitrogens is 1. The average Bonchev–Trinajstić information content (AvgIpc) is 3.46. The molecule has 5 unspecified atom stereocenters. The number of rotatable bonds is 21. The van der Waals surface area contributed by atoms with Gasteiger partial charge in [0.15, 0.2) is 0 Å². The number of hydrogen-bond donors (Lipinski definition) is 7. The molecule has 15 nitrogen and oxygen atoms in total. The fourth-order valence-electron chi connectivity index (χ4n) is 6.96. The third kappa shape index (κ3) is 12.4. The van der Waals surface area contributed by atoms with Crippen molar-refractivity contribution in [1.82, 2.24) is 30.7 Å². The van der Waals surface area contributed by atoms with Crippen molar-refractivity contribution >= 4 is 46.5 Å². The lowest BCUT2D eigenvalue weighted by Gasteiger charge is -2.39. The number of amides is 4. The van der Waals surface area contributed by atoms with E-state index >= 15 is 0 Å². The summed E-state index contributed by atoms with van der Waals surface area (Å²) in [6.07, 6.45) is 4.28. The summed E-state index contributed by atoms with van der Waals surface area (Å²) in [7, 11) is 5.29. The Balaban J connectivity index is 2.26. The van der Waals surface area contributed by atoms with E-state index in [1.807, 2.05) is 90.5 Å². The minimum atomic E-state index is -1.44. The van der Waals surface area contributed by atoms with Crippen LogP contribution in [0.25, 0.3) is 10.9 Å². The molecule has 2 aromatic rings. The Bertz CT molecular complexity index is 1740. The van der Waals surface area contributed by atoms with Crippen molar-refractivity contribution in [2.24, 2.45) is 24.1 Å². The van der Waals surface area contributed by atoms with E-state index in [9.17, 15) is 39.0 Å². The van der Waals surface area contributed by atoms with Gasteiger partial charge >= 0.3 is 11.9 Å². The second-order valence-corrected chi connectivity index (χ2v) is 16.6. The van der Waals surface area contributed by atoms with Crippen LogP contribution in [0.4, 0.5) is 0 Å². The predicted molar refractivity (Wildman–Crippen MR) is 217 cm³/mol. The second-order valence-electron chi connectivity index (χ2n) is 16.6. The normalized spacial score (nSPS) is 15.1. The maximum absolute atomic E-state index is 14.3. The number of likely N-dealkylation sites (N-methyl/N-ethyl adjacent to an activating group) is 2. The van der Waals surface area contributed by atoms with Crippen LogP contribution in [-0.4, -0.2) is 106 Å². The molecule has 2 rings (SSSR count). The van der Waals surface area contributed by atoms with Crippen molar-refractivity contribution in [3.63, 3.8) is 0 Å². The number of nitrogens with two attached hydrogens (primary N) is 1. The summed E-state index contributed by atoms with van der Waals surface area (Å²) in [6.45, 7) is 15.2. The highest BCUT2D eigenvalue weighted by atomic mass is 16.4. The first kappa shape index (κ1) is 47.4. The molecule has 15 heteroatoms. The number of carbonyl (C=O) groups is 6. The number of aliphatic carboxylic acids is 2. The van der Waals surface area contributed by atoms with Gasteiger partial charge in [-0.25, -0.2) is 9.59 Å². The molecule has 0 aliphatic rings. The Morgan fingerprint density at radius 1 is 0.893 bits per heavy atom. The number of unbranched alkanes of at least 4 members (excludes halogenated alkanes) is 1. The monoisotopic (exact) mass is 783 g/mol. The van der Waals surface area contributed by atoms with Crippen molar-refractivity contribution in [2.45, 2.75) is 123 Å². The van der Waals surface area contributed by atoms with Crippen LogP contribution in [0.3, 0.4) is 0 Å². The summed E-state index contributed by atoms with van der Waals surface area (Å²) < 4.78 is 2.03. The molecule has 0 bridgehead atoms. The first-order chi connectivity index (χ1) is 26.0. The molecule has 56 heavy (non-hydrogen) atoms. The number of nitrogens with zero attached hydrogens (tertiary/aromatic N) is 2. The molecule has 0 fully saturated rings. The molecular formula is C41H65N7O8. The Morgan fingerprint density at radius 2 is 1.48 bits per heavy atom. The van der Waals surface area contributed by atoms with E-state index in [1.54, 1.807) is 20.2 Å². The van der Waals surface area contributed by atoms with E-state index in [1.165, 1.54) is 11.8 Å². The topological polar surface area (TPSA) is 225 Å². The minimum Gasteiger partial charge on any atom is -0.480 e. The molecule has 0 aliphatic heterocycles. The van der Waals surface area contributed by atoms with Gasteiger partial charge in [-0.1, -0.05) is 72.7 Å². The van der Waals surface area contributed by atoms with Crippen molar-refractivity contribution in [3.8, 4) is 0 Å². The molecule has 4 amide bonds. The van der Waals surface area contributed by atoms with Gasteiger partial charge in [0.2, 0.25) is 23.6 Å². The molecule has 0 radical (unpaired) electrons. The summed E-state index contributed by atoms with van der Waals surface area (Å²) in [5.41, 5.74) is 6.23. The second kappa shape index (κ2) is 20.4. The highest BCUT2D eigenvalue weighted by Gasteiger charge is 2.42. The van der Waals surface area contributed by atoms with Gasteiger partial charge in [-0.05, 0) is 69.2 Å². The quantitative estimate of drug-likeness (QED) is 0.0724. The SMILES string of the molecule is CNC(C(=O)NC(C(=O)N(C)C(/C=C(\C)C(=O)NC(CCC(=O)NC(CCCCN)C(=O)O)C(=O)O)C(C)C)C(C)(C)C)C(C)(C)c1cn(C)c2ccccc12. The molecule has 0 saturated heterocycles.